The second-order valence-corrected chi connectivity index (χ2v) is 12.7. The number of thioether (sulfide) groups is 1. The molecule has 0 radical (unpaired) electrons. The first-order valence-electron chi connectivity index (χ1n) is 12.5. The van der Waals surface area contributed by atoms with E-state index < -0.39 is 0 Å². The number of nitrogens with two attached hydrogens (primary N) is 1. The maximum Gasteiger partial charge on any atom is 0.291 e. The number of amides is 1. The molecule has 0 saturated heterocycles. The standard InChI is InChI=1S/C25H41N3O3S/c1-15(2)13-32-22-21(31-28-24(22)30-14-25(3,4)6-5-7-26)23(29)27-20-18-9-16-8-17(11-18)12-19(20)10-16/h15-20H,5-14,26H2,1-4H3,(H,27,29). The van der Waals surface area contributed by atoms with Gasteiger partial charge in [0, 0.05) is 11.8 Å². The summed E-state index contributed by atoms with van der Waals surface area (Å²) in [7, 11) is 0. The zero-order chi connectivity index (χ0) is 22.9. The summed E-state index contributed by atoms with van der Waals surface area (Å²) >= 11 is 1.61. The first-order chi connectivity index (χ1) is 15.3. The quantitative estimate of drug-likeness (QED) is 0.443. The molecule has 3 N–H and O–H groups in total. The number of aromatic nitrogens is 1. The van der Waals surface area contributed by atoms with E-state index in [0.717, 1.165) is 35.3 Å². The summed E-state index contributed by atoms with van der Waals surface area (Å²) in [4.78, 5) is 14.1. The van der Waals surface area contributed by atoms with Crippen LogP contribution in [0.1, 0.15) is 83.2 Å². The molecule has 0 aromatic carbocycles. The van der Waals surface area contributed by atoms with Crippen LogP contribution in [0.5, 0.6) is 5.88 Å². The van der Waals surface area contributed by atoms with Crippen molar-refractivity contribution in [2.75, 3.05) is 18.9 Å². The van der Waals surface area contributed by atoms with Gasteiger partial charge in [-0.15, -0.1) is 11.8 Å². The van der Waals surface area contributed by atoms with Crippen molar-refractivity contribution in [3.8, 4) is 5.88 Å². The van der Waals surface area contributed by atoms with Crippen molar-refractivity contribution in [2.45, 2.75) is 83.6 Å². The van der Waals surface area contributed by atoms with Crippen molar-refractivity contribution in [2.24, 2.45) is 40.7 Å². The molecular formula is C25H41N3O3S. The van der Waals surface area contributed by atoms with E-state index in [4.69, 9.17) is 15.0 Å². The Bertz CT molecular complexity index is 763. The number of hydrogen-bond donors (Lipinski definition) is 2. The van der Waals surface area contributed by atoms with Gasteiger partial charge in [-0.3, -0.25) is 4.79 Å². The van der Waals surface area contributed by atoms with Crippen LogP contribution in [0.3, 0.4) is 0 Å². The minimum atomic E-state index is -0.126. The lowest BCUT2D eigenvalue weighted by Crippen LogP contribution is -2.55. The zero-order valence-corrected chi connectivity index (χ0v) is 21.0. The van der Waals surface area contributed by atoms with Gasteiger partial charge in [-0.05, 0) is 91.7 Å². The van der Waals surface area contributed by atoms with Gasteiger partial charge in [0.05, 0.1) is 6.61 Å². The topological polar surface area (TPSA) is 90.4 Å². The molecule has 1 aromatic rings. The molecule has 4 aliphatic carbocycles. The lowest BCUT2D eigenvalue weighted by Gasteiger charge is -2.54. The van der Waals surface area contributed by atoms with Crippen molar-refractivity contribution < 1.29 is 14.1 Å². The Morgan fingerprint density at radius 1 is 1.22 bits per heavy atom. The largest absolute Gasteiger partial charge is 0.474 e. The number of nitrogens with one attached hydrogen (secondary N) is 1. The fourth-order valence-corrected chi connectivity index (χ4v) is 7.16. The van der Waals surface area contributed by atoms with E-state index in [0.29, 0.717) is 42.5 Å². The molecule has 5 rings (SSSR count). The fourth-order valence-electron chi connectivity index (χ4n) is 6.18. The minimum Gasteiger partial charge on any atom is -0.474 e. The third-order valence-corrected chi connectivity index (χ3v) is 9.05. The van der Waals surface area contributed by atoms with Crippen molar-refractivity contribution in [1.29, 1.82) is 0 Å². The Balaban J connectivity index is 1.45. The molecule has 4 aliphatic rings. The van der Waals surface area contributed by atoms with Gasteiger partial charge < -0.3 is 20.3 Å². The van der Waals surface area contributed by atoms with E-state index in [9.17, 15) is 4.79 Å². The zero-order valence-electron chi connectivity index (χ0n) is 20.2. The van der Waals surface area contributed by atoms with Gasteiger partial charge in [0.15, 0.2) is 0 Å². The van der Waals surface area contributed by atoms with E-state index in [1.54, 1.807) is 11.8 Å². The van der Waals surface area contributed by atoms with Crippen LogP contribution in [0, 0.1) is 35.0 Å². The highest BCUT2D eigenvalue weighted by Gasteiger charge is 2.49. The summed E-state index contributed by atoms with van der Waals surface area (Å²) < 4.78 is 11.7. The maximum atomic E-state index is 13.3. The van der Waals surface area contributed by atoms with Gasteiger partial charge in [-0.1, -0.05) is 27.7 Å². The first-order valence-corrected chi connectivity index (χ1v) is 13.5. The van der Waals surface area contributed by atoms with Gasteiger partial charge >= 0.3 is 0 Å². The highest BCUT2D eigenvalue weighted by molar-refractivity contribution is 7.99. The van der Waals surface area contributed by atoms with Crippen LogP contribution in [-0.4, -0.2) is 36.0 Å². The average Bonchev–Trinajstić information content (AvgIpc) is 3.14. The molecule has 32 heavy (non-hydrogen) atoms. The van der Waals surface area contributed by atoms with E-state index in [-0.39, 0.29) is 17.4 Å². The van der Waals surface area contributed by atoms with Crippen LogP contribution in [-0.2, 0) is 0 Å². The van der Waals surface area contributed by atoms with Gasteiger partial charge in [0.1, 0.15) is 4.90 Å². The first kappa shape index (κ1) is 23.9. The van der Waals surface area contributed by atoms with Crippen LogP contribution < -0.4 is 15.8 Å². The predicted molar refractivity (Wildman–Crippen MR) is 128 cm³/mol. The van der Waals surface area contributed by atoms with Crippen LogP contribution in [0.15, 0.2) is 9.42 Å². The molecule has 1 heterocycles. The molecular weight excluding hydrogens is 422 g/mol. The normalized spacial score (nSPS) is 29.0. The van der Waals surface area contributed by atoms with Crippen molar-refractivity contribution in [1.82, 2.24) is 10.5 Å². The Morgan fingerprint density at radius 2 is 1.88 bits per heavy atom. The molecule has 4 fully saturated rings. The molecule has 6 nitrogen and oxygen atoms in total. The molecule has 0 unspecified atom stereocenters. The smallest absolute Gasteiger partial charge is 0.291 e. The number of hydrogen-bond acceptors (Lipinski definition) is 6. The second kappa shape index (κ2) is 9.96. The Morgan fingerprint density at radius 3 is 2.47 bits per heavy atom. The lowest BCUT2D eigenvalue weighted by molar-refractivity contribution is -0.0124. The highest BCUT2D eigenvalue weighted by Crippen LogP contribution is 2.53. The van der Waals surface area contributed by atoms with Gasteiger partial charge in [0.25, 0.3) is 11.8 Å². The third kappa shape index (κ3) is 5.46. The number of nitrogens with zero attached hydrogens (tertiary/aromatic N) is 1. The lowest BCUT2D eigenvalue weighted by atomic mass is 9.54. The summed E-state index contributed by atoms with van der Waals surface area (Å²) in [6, 6.07) is 0.280. The van der Waals surface area contributed by atoms with Gasteiger partial charge in [-0.2, -0.15) is 0 Å². The third-order valence-electron chi connectivity index (χ3n) is 7.57. The summed E-state index contributed by atoms with van der Waals surface area (Å²) in [6.07, 6.45) is 8.45. The summed E-state index contributed by atoms with van der Waals surface area (Å²) in [6.45, 7) is 9.88. The van der Waals surface area contributed by atoms with E-state index in [1.807, 2.05) is 0 Å². The van der Waals surface area contributed by atoms with Crippen LogP contribution in [0.2, 0.25) is 0 Å². The molecule has 1 aromatic heterocycles. The molecule has 7 heteroatoms. The average molecular weight is 464 g/mol. The fraction of sp³-hybridized carbons (Fsp3) is 0.840. The molecule has 1 amide bonds. The molecule has 0 aliphatic heterocycles. The SMILES string of the molecule is CC(C)CSc1c(OCC(C)(C)CCCN)noc1C(=O)NC1C2CC3CC(C2)CC1C3. The molecule has 0 atom stereocenters. The molecule has 0 spiro atoms. The van der Waals surface area contributed by atoms with Crippen LogP contribution in [0.25, 0.3) is 0 Å². The number of carbonyl (C=O) groups is 1. The number of carbonyl (C=O) groups excluding carboxylic acids is 1. The van der Waals surface area contributed by atoms with Crippen LogP contribution >= 0.6 is 11.8 Å². The van der Waals surface area contributed by atoms with Crippen molar-refractivity contribution >= 4 is 17.7 Å². The van der Waals surface area contributed by atoms with E-state index in [2.05, 4.69) is 38.2 Å². The summed E-state index contributed by atoms with van der Waals surface area (Å²) in [5, 5.41) is 7.54. The molecule has 4 saturated carbocycles. The number of ether oxygens (including phenoxy) is 1. The van der Waals surface area contributed by atoms with Gasteiger partial charge in [-0.25, -0.2) is 0 Å². The minimum absolute atomic E-state index is 0.0128. The Labute approximate surface area is 197 Å². The van der Waals surface area contributed by atoms with Crippen molar-refractivity contribution in [3.05, 3.63) is 5.76 Å². The summed E-state index contributed by atoms with van der Waals surface area (Å²) in [5.74, 6) is 5.04. The number of rotatable bonds is 11. The van der Waals surface area contributed by atoms with Gasteiger partial charge in [0.2, 0.25) is 5.76 Å². The monoisotopic (exact) mass is 463 g/mol. The van der Waals surface area contributed by atoms with Crippen molar-refractivity contribution in [3.63, 3.8) is 0 Å². The van der Waals surface area contributed by atoms with E-state index >= 15 is 0 Å². The Kier molecular flexibility index (Phi) is 7.45. The Hall–Kier alpha value is -1.21. The molecule has 4 bridgehead atoms. The van der Waals surface area contributed by atoms with Crippen LogP contribution in [0.4, 0.5) is 0 Å². The predicted octanol–water partition coefficient (Wildman–Crippen LogP) is 5.12. The maximum absolute atomic E-state index is 13.3. The highest BCUT2D eigenvalue weighted by atomic mass is 32.2. The second-order valence-electron chi connectivity index (χ2n) is 11.6. The molecule has 180 valence electrons. The van der Waals surface area contributed by atoms with E-state index in [1.165, 1.54) is 32.1 Å². The summed E-state index contributed by atoms with van der Waals surface area (Å²) in [5.41, 5.74) is 5.66.